The molecule has 0 bridgehead atoms. The number of carboxylic acids is 1. The molecule has 1 heterocycles. The van der Waals surface area contributed by atoms with Crippen molar-refractivity contribution in [2.75, 3.05) is 13.7 Å². The Morgan fingerprint density at radius 1 is 1.25 bits per heavy atom. The second kappa shape index (κ2) is 8.01. The Morgan fingerprint density at radius 3 is 2.61 bits per heavy atom. The molecule has 2 aromatic rings. The van der Waals surface area contributed by atoms with Crippen molar-refractivity contribution in [2.24, 2.45) is 0 Å². The number of rotatable bonds is 5. The first-order chi connectivity index (χ1) is 13.2. The lowest BCUT2D eigenvalue weighted by atomic mass is 9.91. The van der Waals surface area contributed by atoms with Crippen LogP contribution in [0.2, 0.25) is 5.02 Å². The second-order valence-corrected chi connectivity index (χ2v) is 7.04. The van der Waals surface area contributed by atoms with Crippen molar-refractivity contribution < 1.29 is 27.8 Å². The number of alkyl halides is 3. The van der Waals surface area contributed by atoms with Gasteiger partial charge in [-0.1, -0.05) is 29.8 Å². The number of hydrogen-bond acceptors (Lipinski definition) is 3. The van der Waals surface area contributed by atoms with Gasteiger partial charge in [-0.2, -0.15) is 13.2 Å². The van der Waals surface area contributed by atoms with E-state index in [9.17, 15) is 23.1 Å². The Balaban J connectivity index is 2.26. The fraction of sp³-hybridized carbons (Fsp3) is 0.350. The van der Waals surface area contributed by atoms with Crippen LogP contribution in [-0.4, -0.2) is 35.7 Å². The molecule has 0 saturated carbocycles. The summed E-state index contributed by atoms with van der Waals surface area (Å²) in [5.41, 5.74) is -0.429. The zero-order valence-electron chi connectivity index (χ0n) is 15.0. The maximum Gasteiger partial charge on any atom is 0.416 e. The van der Waals surface area contributed by atoms with E-state index in [1.54, 1.807) is 17.0 Å². The Kier molecular flexibility index (Phi) is 5.86. The van der Waals surface area contributed by atoms with E-state index in [0.29, 0.717) is 35.7 Å². The molecular formula is C20H19ClF3NO3. The van der Waals surface area contributed by atoms with Gasteiger partial charge >= 0.3 is 12.1 Å². The number of methoxy groups -OCH3 is 1. The minimum atomic E-state index is -4.58. The molecule has 150 valence electrons. The maximum absolute atomic E-state index is 13.7. The smallest absolute Gasteiger partial charge is 0.416 e. The summed E-state index contributed by atoms with van der Waals surface area (Å²) in [5.74, 6) is -0.713. The molecule has 1 aliphatic heterocycles. The molecule has 0 spiro atoms. The van der Waals surface area contributed by atoms with Crippen LogP contribution in [0.3, 0.4) is 0 Å². The standard InChI is InChI=1S/C20H19ClF3NO3/c1-28-17-9-8-12(21)11-14(17)18(25-10-4-7-16(25)19(26)27)13-5-2-3-6-15(13)20(22,23)24/h2-3,5-6,8-9,11,16,18H,4,7,10H2,1H3,(H,26,27). The minimum absolute atomic E-state index is 0.0243. The van der Waals surface area contributed by atoms with E-state index in [4.69, 9.17) is 16.3 Å². The van der Waals surface area contributed by atoms with Crippen LogP contribution in [0.4, 0.5) is 13.2 Å². The van der Waals surface area contributed by atoms with Gasteiger partial charge in [0, 0.05) is 17.1 Å². The molecule has 1 saturated heterocycles. The Hall–Kier alpha value is -2.25. The summed E-state index contributed by atoms with van der Waals surface area (Å²) >= 11 is 6.13. The van der Waals surface area contributed by atoms with Gasteiger partial charge in [0.25, 0.3) is 0 Å². The van der Waals surface area contributed by atoms with Crippen molar-refractivity contribution in [1.29, 1.82) is 0 Å². The third-order valence-corrected chi connectivity index (χ3v) is 5.19. The van der Waals surface area contributed by atoms with Gasteiger partial charge < -0.3 is 9.84 Å². The van der Waals surface area contributed by atoms with Gasteiger partial charge in [0.2, 0.25) is 0 Å². The molecule has 2 atom stereocenters. The number of ether oxygens (including phenoxy) is 1. The number of carboxylic acid groups (broad SMARTS) is 1. The fourth-order valence-electron chi connectivity index (χ4n) is 3.80. The van der Waals surface area contributed by atoms with Crippen molar-refractivity contribution in [2.45, 2.75) is 31.1 Å². The second-order valence-electron chi connectivity index (χ2n) is 6.61. The summed E-state index contributed by atoms with van der Waals surface area (Å²) in [5, 5.41) is 9.95. The maximum atomic E-state index is 13.7. The molecule has 1 aliphatic rings. The van der Waals surface area contributed by atoms with Gasteiger partial charge in [0.15, 0.2) is 0 Å². The van der Waals surface area contributed by atoms with Crippen molar-refractivity contribution in [3.8, 4) is 5.75 Å². The summed E-state index contributed by atoms with van der Waals surface area (Å²) in [6.07, 6.45) is -3.65. The first-order valence-corrected chi connectivity index (χ1v) is 9.10. The molecule has 0 aliphatic carbocycles. The van der Waals surface area contributed by atoms with Crippen LogP contribution in [0.25, 0.3) is 0 Å². The summed E-state index contributed by atoms with van der Waals surface area (Å²) < 4.78 is 46.6. The number of benzene rings is 2. The van der Waals surface area contributed by atoms with Gasteiger partial charge in [-0.15, -0.1) is 0 Å². The molecular weight excluding hydrogens is 395 g/mol. The first kappa shape index (κ1) is 20.5. The molecule has 2 aromatic carbocycles. The van der Waals surface area contributed by atoms with E-state index in [-0.39, 0.29) is 5.56 Å². The average Bonchev–Trinajstić information content (AvgIpc) is 3.11. The predicted molar refractivity (Wildman–Crippen MR) is 98.7 cm³/mol. The number of likely N-dealkylation sites (tertiary alicyclic amines) is 1. The normalized spacial score (nSPS) is 18.8. The SMILES string of the molecule is COc1ccc(Cl)cc1C(c1ccccc1C(F)(F)F)N1CCCC1C(=O)O. The van der Waals surface area contributed by atoms with Crippen LogP contribution in [0.15, 0.2) is 42.5 Å². The molecule has 1 fully saturated rings. The zero-order valence-corrected chi connectivity index (χ0v) is 15.8. The number of carbonyl (C=O) groups is 1. The van der Waals surface area contributed by atoms with E-state index in [1.807, 2.05) is 0 Å². The van der Waals surface area contributed by atoms with Gasteiger partial charge in [-0.3, -0.25) is 9.69 Å². The van der Waals surface area contributed by atoms with E-state index in [1.165, 1.54) is 31.4 Å². The number of nitrogens with zero attached hydrogens (tertiary/aromatic N) is 1. The largest absolute Gasteiger partial charge is 0.496 e. The van der Waals surface area contributed by atoms with E-state index >= 15 is 0 Å². The molecule has 1 N–H and O–H groups in total. The average molecular weight is 414 g/mol. The highest BCUT2D eigenvalue weighted by Gasteiger charge is 2.42. The highest BCUT2D eigenvalue weighted by Crippen LogP contribution is 2.44. The molecule has 8 heteroatoms. The van der Waals surface area contributed by atoms with E-state index in [2.05, 4.69) is 0 Å². The third kappa shape index (κ3) is 3.95. The number of hydrogen-bond donors (Lipinski definition) is 1. The lowest BCUT2D eigenvalue weighted by Gasteiger charge is -2.34. The van der Waals surface area contributed by atoms with Gasteiger partial charge in [-0.05, 0) is 42.7 Å². The summed E-state index contributed by atoms with van der Waals surface area (Å²) in [6, 6.07) is 8.05. The summed E-state index contributed by atoms with van der Waals surface area (Å²) in [6.45, 7) is 0.351. The van der Waals surface area contributed by atoms with Crippen LogP contribution >= 0.6 is 11.6 Å². The predicted octanol–water partition coefficient (Wildman–Crippen LogP) is 5.01. The quantitative estimate of drug-likeness (QED) is 0.749. The highest BCUT2D eigenvalue weighted by molar-refractivity contribution is 6.30. The molecule has 0 aromatic heterocycles. The first-order valence-electron chi connectivity index (χ1n) is 8.72. The van der Waals surface area contributed by atoms with E-state index in [0.717, 1.165) is 6.07 Å². The van der Waals surface area contributed by atoms with E-state index < -0.39 is 29.8 Å². The third-order valence-electron chi connectivity index (χ3n) is 4.96. The lowest BCUT2D eigenvalue weighted by molar-refractivity contribution is -0.143. The van der Waals surface area contributed by atoms with Crippen LogP contribution in [0.1, 0.15) is 35.6 Å². The van der Waals surface area contributed by atoms with Crippen molar-refractivity contribution in [1.82, 2.24) is 4.90 Å². The van der Waals surface area contributed by atoms with Crippen molar-refractivity contribution >= 4 is 17.6 Å². The van der Waals surface area contributed by atoms with Gasteiger partial charge in [0.1, 0.15) is 11.8 Å². The molecule has 0 radical (unpaired) electrons. The highest BCUT2D eigenvalue weighted by atomic mass is 35.5. The molecule has 2 unspecified atom stereocenters. The monoisotopic (exact) mass is 413 g/mol. The molecule has 3 rings (SSSR count). The summed E-state index contributed by atoms with van der Waals surface area (Å²) in [7, 11) is 1.41. The van der Waals surface area contributed by atoms with Gasteiger partial charge in [0.05, 0.1) is 18.7 Å². The topological polar surface area (TPSA) is 49.8 Å². The Morgan fingerprint density at radius 2 is 1.96 bits per heavy atom. The summed E-state index contributed by atoms with van der Waals surface area (Å²) in [4.78, 5) is 13.3. The van der Waals surface area contributed by atoms with Crippen LogP contribution < -0.4 is 4.74 Å². The zero-order chi connectivity index (χ0) is 20.5. The number of aliphatic carboxylic acids is 1. The lowest BCUT2D eigenvalue weighted by Crippen LogP contribution is -2.40. The van der Waals surface area contributed by atoms with Crippen LogP contribution in [-0.2, 0) is 11.0 Å². The van der Waals surface area contributed by atoms with Crippen molar-refractivity contribution in [3.63, 3.8) is 0 Å². The molecule has 0 amide bonds. The Bertz CT molecular complexity index is 872. The molecule has 4 nitrogen and oxygen atoms in total. The molecule has 28 heavy (non-hydrogen) atoms. The Labute approximate surface area is 165 Å². The number of halogens is 4. The van der Waals surface area contributed by atoms with Crippen LogP contribution in [0, 0.1) is 0 Å². The minimum Gasteiger partial charge on any atom is -0.496 e. The fourth-order valence-corrected chi connectivity index (χ4v) is 3.98. The van der Waals surface area contributed by atoms with Crippen LogP contribution in [0.5, 0.6) is 5.75 Å². The van der Waals surface area contributed by atoms with Crippen molar-refractivity contribution in [3.05, 3.63) is 64.2 Å². The van der Waals surface area contributed by atoms with Gasteiger partial charge in [-0.25, -0.2) is 0 Å².